The van der Waals surface area contributed by atoms with E-state index in [1.54, 1.807) is 53.5 Å². The zero-order chi connectivity index (χ0) is 34.1. The predicted octanol–water partition coefficient (Wildman–Crippen LogP) is 5.65. The molecule has 0 radical (unpaired) electrons. The molecule has 2 aromatic carbocycles. The number of carbonyl (C=O) groups excluding carboxylic acids is 3. The number of hydrogen-bond acceptors (Lipinski definition) is 6. The minimum atomic E-state index is -1.29. The third kappa shape index (κ3) is 5.76. The number of likely N-dealkylation sites (tertiary alicyclic amines) is 1. The van der Waals surface area contributed by atoms with Crippen molar-refractivity contribution in [3.8, 4) is 5.75 Å². The van der Waals surface area contributed by atoms with Crippen LogP contribution in [0.5, 0.6) is 5.75 Å². The van der Waals surface area contributed by atoms with Crippen LogP contribution in [-0.4, -0.2) is 77.3 Å². The summed E-state index contributed by atoms with van der Waals surface area (Å²) in [5.74, 6) is -2.28. The highest BCUT2D eigenvalue weighted by molar-refractivity contribution is 6.34. The summed E-state index contributed by atoms with van der Waals surface area (Å²) >= 11 is 6.61. The molecule has 9 nitrogen and oxygen atoms in total. The van der Waals surface area contributed by atoms with Gasteiger partial charge in [0.1, 0.15) is 17.4 Å². The van der Waals surface area contributed by atoms with Gasteiger partial charge in [-0.1, -0.05) is 56.2 Å². The molecule has 3 aliphatic heterocycles. The molecule has 3 fully saturated rings. The molecular formula is C37H46ClN3O6. The topological polar surface area (TPSA) is 99.6 Å². The first-order valence-corrected chi connectivity index (χ1v) is 16.9. The minimum Gasteiger partial charge on any atom is -0.494 e. The van der Waals surface area contributed by atoms with Crippen LogP contribution in [0.15, 0.2) is 73.8 Å². The van der Waals surface area contributed by atoms with E-state index in [9.17, 15) is 19.5 Å². The highest BCUT2D eigenvalue weighted by Gasteiger charge is 2.79. The fraction of sp³-hybridized carbons (Fsp3) is 0.486. The SMILES string of the molecule is C=CCN(C(=O)[C@H]1[C@H]2C(=O)N([C@@H](CO)[C@@H](C)CC)C(C(=O)N(CC=C)c3ccccc3Cl)C23CC[C@]1(C)O3)c1ccc(OCC)cc1. The Kier molecular flexibility index (Phi) is 10.2. The first kappa shape index (κ1) is 34.7. The standard InChI is InChI=1S/C37H46ClN3O6/c1-7-21-39(25-15-17-26(18-16-25)46-10-4)33(43)30-31-34(44)41(29(23-42)24(5)9-3)32(37(31)20-19-36(30,6)47-37)35(45)40(22-8-2)28-14-12-11-13-27(28)38/h7-8,11-18,24,29-32,42H,1-2,9-10,19-23H2,3-6H3/t24-,29-,30+,31-,32?,36-,37?/m0/s1. The fourth-order valence-corrected chi connectivity index (χ4v) is 8.19. The predicted molar refractivity (Wildman–Crippen MR) is 184 cm³/mol. The summed E-state index contributed by atoms with van der Waals surface area (Å²) in [6.45, 7) is 16.0. The Labute approximate surface area is 282 Å². The molecule has 0 aliphatic carbocycles. The summed E-state index contributed by atoms with van der Waals surface area (Å²) in [7, 11) is 0. The molecule has 5 rings (SSSR count). The second-order valence-electron chi connectivity index (χ2n) is 13.0. The van der Waals surface area contributed by atoms with Crippen LogP contribution >= 0.6 is 11.6 Å². The maximum Gasteiger partial charge on any atom is 0.253 e. The number of nitrogens with zero attached hydrogens (tertiary/aromatic N) is 3. The normalized spacial score (nSPS) is 27.2. The quantitative estimate of drug-likeness (QED) is 0.263. The van der Waals surface area contributed by atoms with E-state index in [-0.39, 0.29) is 43.3 Å². The Hall–Kier alpha value is -3.66. The van der Waals surface area contributed by atoms with E-state index in [0.717, 1.165) is 0 Å². The zero-order valence-electron chi connectivity index (χ0n) is 27.7. The number of carbonyl (C=O) groups is 3. The fourth-order valence-electron chi connectivity index (χ4n) is 7.95. The largest absolute Gasteiger partial charge is 0.494 e. The Morgan fingerprint density at radius 2 is 1.74 bits per heavy atom. The van der Waals surface area contributed by atoms with Gasteiger partial charge in [0.15, 0.2) is 0 Å². The molecule has 0 saturated carbocycles. The molecule has 3 aliphatic rings. The summed E-state index contributed by atoms with van der Waals surface area (Å²) in [5.41, 5.74) is -1.17. The molecule has 2 unspecified atom stereocenters. The molecule has 2 aromatic rings. The van der Waals surface area contributed by atoms with Gasteiger partial charge in [-0.05, 0) is 69.0 Å². The number of halogens is 1. The molecule has 3 saturated heterocycles. The molecule has 1 spiro atoms. The monoisotopic (exact) mass is 663 g/mol. The summed E-state index contributed by atoms with van der Waals surface area (Å²) in [4.78, 5) is 49.3. The number of fused-ring (bicyclic) bond motifs is 1. The van der Waals surface area contributed by atoms with Gasteiger partial charge in [-0.2, -0.15) is 0 Å². The van der Waals surface area contributed by atoms with E-state index in [1.165, 1.54) is 9.80 Å². The van der Waals surface area contributed by atoms with Gasteiger partial charge in [0.25, 0.3) is 5.91 Å². The number of hydrogen-bond donors (Lipinski definition) is 1. The van der Waals surface area contributed by atoms with Crippen LogP contribution < -0.4 is 14.5 Å². The van der Waals surface area contributed by atoms with Crippen molar-refractivity contribution in [2.45, 2.75) is 70.2 Å². The van der Waals surface area contributed by atoms with Crippen LogP contribution in [0.4, 0.5) is 11.4 Å². The van der Waals surface area contributed by atoms with Crippen molar-refractivity contribution in [1.29, 1.82) is 0 Å². The van der Waals surface area contributed by atoms with Crippen LogP contribution in [0.3, 0.4) is 0 Å². The number of para-hydroxylation sites is 1. The maximum atomic E-state index is 15.0. The molecule has 252 valence electrons. The van der Waals surface area contributed by atoms with Crippen molar-refractivity contribution < 1.29 is 29.0 Å². The van der Waals surface area contributed by atoms with E-state index in [4.69, 9.17) is 21.1 Å². The van der Waals surface area contributed by atoms with E-state index in [0.29, 0.717) is 48.0 Å². The van der Waals surface area contributed by atoms with Crippen molar-refractivity contribution in [3.63, 3.8) is 0 Å². The van der Waals surface area contributed by atoms with Gasteiger partial charge in [0, 0.05) is 18.8 Å². The number of rotatable bonds is 14. The van der Waals surface area contributed by atoms with Gasteiger partial charge in [0.05, 0.1) is 47.4 Å². The van der Waals surface area contributed by atoms with E-state index < -0.39 is 35.1 Å². The van der Waals surface area contributed by atoms with Crippen LogP contribution in [0.2, 0.25) is 5.02 Å². The van der Waals surface area contributed by atoms with Crippen molar-refractivity contribution >= 4 is 40.7 Å². The summed E-state index contributed by atoms with van der Waals surface area (Å²) in [5, 5.41) is 11.1. The van der Waals surface area contributed by atoms with Crippen LogP contribution in [0.1, 0.15) is 47.0 Å². The Morgan fingerprint density at radius 1 is 1.09 bits per heavy atom. The average molecular weight is 664 g/mol. The first-order valence-electron chi connectivity index (χ1n) is 16.5. The van der Waals surface area contributed by atoms with Gasteiger partial charge in [-0.15, -0.1) is 13.2 Å². The first-order chi connectivity index (χ1) is 22.5. The Bertz CT molecular complexity index is 1520. The third-order valence-corrected chi connectivity index (χ3v) is 10.6. The number of ether oxygens (including phenoxy) is 2. The van der Waals surface area contributed by atoms with Crippen molar-refractivity contribution in [2.24, 2.45) is 17.8 Å². The van der Waals surface area contributed by atoms with Crippen molar-refractivity contribution in [3.05, 3.63) is 78.9 Å². The molecule has 7 atom stereocenters. The van der Waals surface area contributed by atoms with Gasteiger partial charge in [-0.3, -0.25) is 14.4 Å². The summed E-state index contributed by atoms with van der Waals surface area (Å²) in [6, 6.07) is 12.5. The number of aliphatic hydroxyl groups excluding tert-OH is 1. The number of anilines is 2. The summed E-state index contributed by atoms with van der Waals surface area (Å²) < 4.78 is 12.5. The highest BCUT2D eigenvalue weighted by Crippen LogP contribution is 2.64. The van der Waals surface area contributed by atoms with Crippen molar-refractivity contribution in [2.75, 3.05) is 36.1 Å². The molecule has 2 bridgehead atoms. The van der Waals surface area contributed by atoms with Crippen molar-refractivity contribution in [1.82, 2.24) is 4.90 Å². The molecule has 10 heteroatoms. The highest BCUT2D eigenvalue weighted by atomic mass is 35.5. The second-order valence-corrected chi connectivity index (χ2v) is 13.4. The zero-order valence-corrected chi connectivity index (χ0v) is 28.5. The van der Waals surface area contributed by atoms with Gasteiger partial charge in [-0.25, -0.2) is 0 Å². The number of aliphatic hydroxyl groups is 1. The van der Waals surface area contributed by atoms with E-state index >= 15 is 0 Å². The molecule has 1 N–H and O–H groups in total. The number of benzene rings is 2. The molecule has 47 heavy (non-hydrogen) atoms. The molecular weight excluding hydrogens is 618 g/mol. The lowest BCUT2D eigenvalue weighted by Crippen LogP contribution is -2.60. The lowest BCUT2D eigenvalue weighted by molar-refractivity contribution is -0.149. The van der Waals surface area contributed by atoms with Crippen LogP contribution in [0, 0.1) is 17.8 Å². The van der Waals surface area contributed by atoms with Crippen LogP contribution in [0.25, 0.3) is 0 Å². The molecule has 0 aromatic heterocycles. The molecule has 3 amide bonds. The smallest absolute Gasteiger partial charge is 0.253 e. The lowest BCUT2D eigenvalue weighted by atomic mass is 9.66. The Morgan fingerprint density at radius 3 is 2.34 bits per heavy atom. The van der Waals surface area contributed by atoms with Crippen LogP contribution in [-0.2, 0) is 19.1 Å². The second kappa shape index (κ2) is 13.8. The van der Waals surface area contributed by atoms with E-state index in [2.05, 4.69) is 13.2 Å². The average Bonchev–Trinajstić information content (AvgIpc) is 3.64. The lowest BCUT2D eigenvalue weighted by Gasteiger charge is -2.41. The maximum absolute atomic E-state index is 15.0. The molecule has 3 heterocycles. The third-order valence-electron chi connectivity index (χ3n) is 10.3. The Balaban J connectivity index is 1.63. The van der Waals surface area contributed by atoms with E-state index in [1.807, 2.05) is 39.8 Å². The van der Waals surface area contributed by atoms with Gasteiger partial charge in [0.2, 0.25) is 11.8 Å². The summed E-state index contributed by atoms with van der Waals surface area (Å²) in [6.07, 6.45) is 4.82. The van der Waals surface area contributed by atoms with Gasteiger partial charge >= 0.3 is 0 Å². The minimum absolute atomic E-state index is 0.134. The number of amides is 3. The van der Waals surface area contributed by atoms with Gasteiger partial charge < -0.3 is 29.3 Å².